The molecule has 1 unspecified atom stereocenters. The number of carbonyl (C=O) groups excluding carboxylic acids is 1. The summed E-state index contributed by atoms with van der Waals surface area (Å²) in [5, 5.41) is 8.74. The lowest BCUT2D eigenvalue weighted by molar-refractivity contribution is -0.0652. The van der Waals surface area contributed by atoms with Crippen LogP contribution in [0.2, 0.25) is 0 Å². The Kier molecular flexibility index (Phi) is 5.95. The van der Waals surface area contributed by atoms with Crippen molar-refractivity contribution >= 4 is 40.3 Å². The minimum atomic E-state index is -2.85. The molecule has 0 saturated carbocycles. The maximum atomic E-state index is 14.4. The van der Waals surface area contributed by atoms with Crippen LogP contribution in [0.15, 0.2) is 41.6 Å². The fraction of sp³-hybridized carbons (Fsp3) is 0.286. The van der Waals surface area contributed by atoms with Crippen molar-refractivity contribution in [2.75, 3.05) is 23.3 Å². The van der Waals surface area contributed by atoms with Crippen LogP contribution < -0.4 is 15.4 Å². The molecule has 0 bridgehead atoms. The molecule has 0 spiro atoms. The van der Waals surface area contributed by atoms with E-state index in [0.29, 0.717) is 16.8 Å². The number of rotatable bonds is 4. The van der Waals surface area contributed by atoms with Crippen LogP contribution in [0.25, 0.3) is 10.9 Å². The van der Waals surface area contributed by atoms with Gasteiger partial charge in [0.2, 0.25) is 0 Å². The molecular formula is C21H19F4N5OS. The van der Waals surface area contributed by atoms with E-state index < -0.39 is 35.8 Å². The van der Waals surface area contributed by atoms with Crippen LogP contribution in [0, 0.1) is 17.6 Å². The number of aromatic nitrogens is 2. The van der Waals surface area contributed by atoms with E-state index in [1.54, 1.807) is 12.1 Å². The van der Waals surface area contributed by atoms with E-state index in [9.17, 15) is 22.4 Å². The highest BCUT2D eigenvalue weighted by atomic mass is 32.2. The van der Waals surface area contributed by atoms with Crippen molar-refractivity contribution in [3.8, 4) is 0 Å². The Balaban J connectivity index is 1.78. The number of nitrogens with two attached hydrogens (primary N) is 1. The molecule has 3 N–H and O–H groups in total. The van der Waals surface area contributed by atoms with Gasteiger partial charge < -0.3 is 10.2 Å². The third-order valence-electron chi connectivity index (χ3n) is 5.40. The van der Waals surface area contributed by atoms with Crippen LogP contribution in [0.1, 0.15) is 23.7 Å². The molecule has 1 aliphatic rings. The van der Waals surface area contributed by atoms with Crippen molar-refractivity contribution in [1.29, 1.82) is 0 Å². The molecule has 1 saturated heterocycles. The van der Waals surface area contributed by atoms with Gasteiger partial charge >= 0.3 is 0 Å². The number of alkyl halides is 2. The predicted octanol–water partition coefficient (Wildman–Crippen LogP) is 4.61. The number of fused-ring (bicyclic) bond motifs is 1. The number of hydrogen-bond donors (Lipinski definition) is 2. The van der Waals surface area contributed by atoms with Crippen LogP contribution in [-0.4, -0.2) is 34.9 Å². The number of benzene rings is 1. The van der Waals surface area contributed by atoms with Gasteiger partial charge in [0.1, 0.15) is 22.2 Å². The molecule has 32 heavy (non-hydrogen) atoms. The van der Waals surface area contributed by atoms with Gasteiger partial charge in [-0.2, -0.15) is 0 Å². The molecule has 3 aromatic rings. The van der Waals surface area contributed by atoms with Crippen molar-refractivity contribution in [3.63, 3.8) is 0 Å². The average molecular weight is 465 g/mol. The number of amides is 1. The number of halogens is 4. The first-order chi connectivity index (χ1) is 15.2. The molecule has 1 amide bonds. The molecule has 2 aromatic heterocycles. The number of pyridine rings is 2. The van der Waals surface area contributed by atoms with Crippen molar-refractivity contribution < 1.29 is 22.4 Å². The van der Waals surface area contributed by atoms with E-state index in [-0.39, 0.29) is 35.4 Å². The minimum absolute atomic E-state index is 0.0127. The molecule has 4 rings (SSSR count). The first kappa shape index (κ1) is 22.3. The Morgan fingerprint density at radius 2 is 2.06 bits per heavy atom. The lowest BCUT2D eigenvalue weighted by Crippen LogP contribution is -2.46. The normalized spacial score (nSPS) is 18.1. The van der Waals surface area contributed by atoms with Gasteiger partial charge in [-0.3, -0.25) is 9.93 Å². The van der Waals surface area contributed by atoms with E-state index in [1.807, 2.05) is 0 Å². The highest BCUT2D eigenvalue weighted by Crippen LogP contribution is 2.36. The van der Waals surface area contributed by atoms with Gasteiger partial charge in [0.15, 0.2) is 5.82 Å². The highest BCUT2D eigenvalue weighted by molar-refractivity contribution is 7.97. The number of piperidine rings is 1. The molecule has 1 fully saturated rings. The summed E-state index contributed by atoms with van der Waals surface area (Å²) in [7, 11) is 0. The molecule has 0 radical (unpaired) electrons. The predicted molar refractivity (Wildman–Crippen MR) is 115 cm³/mol. The Hall–Kier alpha value is -2.92. The number of carbonyl (C=O) groups is 1. The Bertz CT molecular complexity index is 1190. The Morgan fingerprint density at radius 1 is 1.28 bits per heavy atom. The zero-order valence-corrected chi connectivity index (χ0v) is 17.7. The zero-order valence-electron chi connectivity index (χ0n) is 16.9. The van der Waals surface area contributed by atoms with Crippen LogP contribution in [0.3, 0.4) is 0 Å². The van der Waals surface area contributed by atoms with E-state index >= 15 is 0 Å². The van der Waals surface area contributed by atoms with Gasteiger partial charge in [-0.1, -0.05) is 6.92 Å². The monoisotopic (exact) mass is 465 g/mol. The molecule has 0 aliphatic carbocycles. The topological polar surface area (TPSA) is 84.1 Å². The van der Waals surface area contributed by atoms with Gasteiger partial charge in [-0.05, 0) is 36.2 Å². The minimum Gasteiger partial charge on any atom is -0.355 e. The number of hydrogen-bond acceptors (Lipinski definition) is 6. The summed E-state index contributed by atoms with van der Waals surface area (Å²) in [5.41, 5.74) is 0.264. The molecule has 6 nitrogen and oxygen atoms in total. The lowest BCUT2D eigenvalue weighted by Gasteiger charge is -2.38. The van der Waals surface area contributed by atoms with Crippen LogP contribution in [0.4, 0.5) is 29.1 Å². The van der Waals surface area contributed by atoms with Gasteiger partial charge in [0, 0.05) is 48.8 Å². The molecule has 168 valence electrons. The lowest BCUT2D eigenvalue weighted by atomic mass is 9.95. The number of nitrogens with one attached hydrogen (secondary N) is 1. The third-order valence-corrected chi connectivity index (χ3v) is 5.87. The standard InChI is InChI=1S/C21H19F4N5OS/c1-11-10-30(5-3-21(11,24)25)19-15(7-12-6-13(22)8-16(23)18(12)29-19)20(31)28-14-2-4-27-17(9-14)32-26/h2,4,6-9,11H,3,5,10,26H2,1H3,(H,27,28,31). The third kappa shape index (κ3) is 4.35. The summed E-state index contributed by atoms with van der Waals surface area (Å²) in [6.45, 7) is 1.27. The molecule has 1 atom stereocenters. The summed E-state index contributed by atoms with van der Waals surface area (Å²) < 4.78 is 56.2. The van der Waals surface area contributed by atoms with Crippen molar-refractivity contribution in [2.24, 2.45) is 11.1 Å². The smallest absolute Gasteiger partial charge is 0.259 e. The van der Waals surface area contributed by atoms with Gasteiger partial charge in [0.05, 0.1) is 5.56 Å². The van der Waals surface area contributed by atoms with E-state index in [4.69, 9.17) is 5.14 Å². The van der Waals surface area contributed by atoms with Crippen molar-refractivity contribution in [2.45, 2.75) is 24.3 Å². The van der Waals surface area contributed by atoms with E-state index in [2.05, 4.69) is 15.3 Å². The Morgan fingerprint density at radius 3 is 2.78 bits per heavy atom. The highest BCUT2D eigenvalue weighted by Gasteiger charge is 2.42. The second-order valence-corrected chi connectivity index (χ2v) is 8.29. The molecule has 11 heteroatoms. The second kappa shape index (κ2) is 8.55. The summed E-state index contributed by atoms with van der Waals surface area (Å²) in [6, 6.07) is 6.17. The first-order valence-electron chi connectivity index (χ1n) is 9.74. The van der Waals surface area contributed by atoms with Gasteiger partial charge in [-0.25, -0.2) is 27.5 Å². The molecular weight excluding hydrogens is 446 g/mol. The van der Waals surface area contributed by atoms with Crippen LogP contribution >= 0.6 is 11.9 Å². The largest absolute Gasteiger partial charge is 0.355 e. The number of nitrogens with zero attached hydrogens (tertiary/aromatic N) is 3. The van der Waals surface area contributed by atoms with Crippen LogP contribution in [-0.2, 0) is 0 Å². The molecule has 1 aromatic carbocycles. The van der Waals surface area contributed by atoms with E-state index in [0.717, 1.165) is 18.0 Å². The second-order valence-electron chi connectivity index (χ2n) is 7.63. The van der Waals surface area contributed by atoms with Crippen molar-refractivity contribution in [1.82, 2.24) is 9.97 Å². The maximum absolute atomic E-state index is 14.4. The molecule has 3 heterocycles. The van der Waals surface area contributed by atoms with Crippen LogP contribution in [0.5, 0.6) is 0 Å². The summed E-state index contributed by atoms with van der Waals surface area (Å²) in [5.74, 6) is -6.11. The Labute approximate surface area is 185 Å². The summed E-state index contributed by atoms with van der Waals surface area (Å²) in [6.07, 6.45) is 1.03. The van der Waals surface area contributed by atoms with Gasteiger partial charge in [-0.15, -0.1) is 0 Å². The SMILES string of the molecule is CC1CN(c2nc3c(F)cc(F)cc3cc2C(=O)Nc2ccnc(SN)c2)CCC1(F)F. The maximum Gasteiger partial charge on any atom is 0.259 e. The van der Waals surface area contributed by atoms with E-state index in [1.165, 1.54) is 24.1 Å². The van der Waals surface area contributed by atoms with Gasteiger partial charge in [0.25, 0.3) is 11.8 Å². The fourth-order valence-corrected chi connectivity index (χ4v) is 3.95. The summed E-state index contributed by atoms with van der Waals surface area (Å²) in [4.78, 5) is 22.9. The average Bonchev–Trinajstić information content (AvgIpc) is 2.75. The zero-order chi connectivity index (χ0) is 23.0. The first-order valence-corrected chi connectivity index (χ1v) is 10.6. The van der Waals surface area contributed by atoms with Crippen molar-refractivity contribution in [3.05, 3.63) is 53.7 Å². The quantitative estimate of drug-likeness (QED) is 0.433. The summed E-state index contributed by atoms with van der Waals surface area (Å²) >= 11 is 0.899. The molecule has 1 aliphatic heterocycles. The number of anilines is 2. The fourth-order valence-electron chi connectivity index (χ4n) is 3.64.